The molecule has 1 aromatic carbocycles. The molecule has 1 heterocycles. The van der Waals surface area contributed by atoms with E-state index >= 15 is 0 Å². The molecule has 0 aliphatic carbocycles. The first-order valence-electron chi connectivity index (χ1n) is 4.35. The van der Waals surface area contributed by atoms with Crippen molar-refractivity contribution in [3.05, 3.63) is 39.7 Å². The number of fused-ring (bicyclic) bond motifs is 1. The molecule has 0 N–H and O–H groups in total. The summed E-state index contributed by atoms with van der Waals surface area (Å²) < 4.78 is 6.37. The van der Waals surface area contributed by atoms with Gasteiger partial charge in [0.25, 0.3) is 5.00 Å². The zero-order chi connectivity index (χ0) is 11.7. The molecular formula is C11H6BrNO2S. The van der Waals surface area contributed by atoms with E-state index in [2.05, 4.69) is 25.5 Å². The standard InChI is InChI=1S/C11H6BrNO2S/c1-13-10-9(12)7-5-6(11(14)15-2)3-4-8(7)16-10/h3-5H,2H3. The second-order valence-electron chi connectivity index (χ2n) is 3.04. The van der Waals surface area contributed by atoms with Crippen LogP contribution in [-0.4, -0.2) is 13.1 Å². The number of carbonyl (C=O) groups excluding carboxylic acids is 1. The van der Waals surface area contributed by atoms with Gasteiger partial charge in [-0.05, 0) is 23.6 Å². The van der Waals surface area contributed by atoms with E-state index in [1.165, 1.54) is 18.4 Å². The number of benzene rings is 1. The van der Waals surface area contributed by atoms with Gasteiger partial charge in [0.1, 0.15) is 0 Å². The molecule has 0 amide bonds. The Morgan fingerprint density at radius 1 is 1.56 bits per heavy atom. The molecule has 0 unspecified atom stereocenters. The van der Waals surface area contributed by atoms with Gasteiger partial charge in [-0.2, -0.15) is 11.3 Å². The molecule has 16 heavy (non-hydrogen) atoms. The molecule has 0 spiro atoms. The number of thiophene rings is 1. The Balaban J connectivity index is 2.66. The molecule has 2 rings (SSSR count). The highest BCUT2D eigenvalue weighted by atomic mass is 79.9. The van der Waals surface area contributed by atoms with Gasteiger partial charge in [0.05, 0.1) is 19.2 Å². The second-order valence-corrected chi connectivity index (χ2v) is 4.86. The van der Waals surface area contributed by atoms with Crippen molar-refractivity contribution in [3.8, 4) is 0 Å². The minimum absolute atomic E-state index is 0.371. The third-order valence-corrected chi connectivity index (χ3v) is 4.26. The van der Waals surface area contributed by atoms with Crippen LogP contribution in [0.4, 0.5) is 5.00 Å². The number of ether oxygens (including phenoxy) is 1. The highest BCUT2D eigenvalue weighted by molar-refractivity contribution is 9.10. The number of hydrogen-bond acceptors (Lipinski definition) is 3. The van der Waals surface area contributed by atoms with Gasteiger partial charge < -0.3 is 4.74 Å². The van der Waals surface area contributed by atoms with Crippen molar-refractivity contribution < 1.29 is 9.53 Å². The van der Waals surface area contributed by atoms with Gasteiger partial charge in [-0.25, -0.2) is 9.64 Å². The van der Waals surface area contributed by atoms with Gasteiger partial charge in [-0.1, -0.05) is 15.9 Å². The predicted molar refractivity (Wildman–Crippen MR) is 67.1 cm³/mol. The molecule has 0 fully saturated rings. The lowest BCUT2D eigenvalue weighted by Crippen LogP contribution is -1.99. The zero-order valence-electron chi connectivity index (χ0n) is 8.28. The summed E-state index contributed by atoms with van der Waals surface area (Å²) in [5, 5.41) is 1.47. The van der Waals surface area contributed by atoms with Gasteiger partial charge in [0.15, 0.2) is 0 Å². The highest BCUT2D eigenvalue weighted by Crippen LogP contribution is 2.41. The molecule has 0 radical (unpaired) electrons. The lowest BCUT2D eigenvalue weighted by Gasteiger charge is -1.99. The van der Waals surface area contributed by atoms with Crippen molar-refractivity contribution in [2.24, 2.45) is 0 Å². The van der Waals surface area contributed by atoms with Crippen molar-refractivity contribution in [1.82, 2.24) is 0 Å². The fourth-order valence-corrected chi connectivity index (χ4v) is 3.02. The lowest BCUT2D eigenvalue weighted by molar-refractivity contribution is 0.0601. The van der Waals surface area contributed by atoms with Crippen molar-refractivity contribution in [2.45, 2.75) is 0 Å². The Labute approximate surface area is 105 Å². The number of halogens is 1. The predicted octanol–water partition coefficient (Wildman–Crippen LogP) is 4.00. The molecule has 0 bridgehead atoms. The van der Waals surface area contributed by atoms with E-state index in [9.17, 15) is 4.79 Å². The monoisotopic (exact) mass is 295 g/mol. The topological polar surface area (TPSA) is 30.7 Å². The minimum Gasteiger partial charge on any atom is -0.465 e. The molecule has 80 valence electrons. The third-order valence-electron chi connectivity index (χ3n) is 2.13. The van der Waals surface area contributed by atoms with Crippen LogP contribution in [0.1, 0.15) is 10.4 Å². The van der Waals surface area contributed by atoms with Gasteiger partial charge >= 0.3 is 5.97 Å². The quantitative estimate of drug-likeness (QED) is 0.588. The molecule has 0 aliphatic heterocycles. The molecule has 0 atom stereocenters. The van der Waals surface area contributed by atoms with Gasteiger partial charge in [-0.3, -0.25) is 0 Å². The fourth-order valence-electron chi connectivity index (χ4n) is 1.37. The molecule has 0 aliphatic rings. The van der Waals surface area contributed by atoms with Crippen LogP contribution in [0.25, 0.3) is 14.9 Å². The van der Waals surface area contributed by atoms with E-state index in [4.69, 9.17) is 6.57 Å². The van der Waals surface area contributed by atoms with E-state index in [0.29, 0.717) is 10.6 Å². The highest BCUT2D eigenvalue weighted by Gasteiger charge is 2.12. The van der Waals surface area contributed by atoms with Gasteiger partial charge in [0, 0.05) is 9.17 Å². The van der Waals surface area contributed by atoms with Crippen LogP contribution in [0.15, 0.2) is 22.7 Å². The fraction of sp³-hybridized carbons (Fsp3) is 0.0909. The van der Waals surface area contributed by atoms with E-state index in [-0.39, 0.29) is 5.97 Å². The summed E-state index contributed by atoms with van der Waals surface area (Å²) in [5.74, 6) is -0.371. The van der Waals surface area contributed by atoms with Gasteiger partial charge in [-0.15, -0.1) is 0 Å². The molecular weight excluding hydrogens is 290 g/mol. The smallest absolute Gasteiger partial charge is 0.337 e. The summed E-state index contributed by atoms with van der Waals surface area (Å²) in [4.78, 5) is 14.8. The molecule has 0 saturated carbocycles. The van der Waals surface area contributed by atoms with Crippen LogP contribution in [0.5, 0.6) is 0 Å². The van der Waals surface area contributed by atoms with Gasteiger partial charge in [0.2, 0.25) is 0 Å². The largest absolute Gasteiger partial charge is 0.465 e. The molecule has 3 nitrogen and oxygen atoms in total. The zero-order valence-corrected chi connectivity index (χ0v) is 10.7. The number of nitrogens with zero attached hydrogens (tertiary/aromatic N) is 1. The maximum Gasteiger partial charge on any atom is 0.337 e. The summed E-state index contributed by atoms with van der Waals surface area (Å²) in [6.07, 6.45) is 0. The molecule has 2 aromatic rings. The summed E-state index contributed by atoms with van der Waals surface area (Å²) >= 11 is 4.76. The SMILES string of the molecule is [C-]#[N+]c1sc2ccc(C(=O)OC)cc2c1Br. The van der Waals surface area contributed by atoms with E-state index in [0.717, 1.165) is 14.6 Å². The van der Waals surface area contributed by atoms with E-state index in [1.807, 2.05) is 6.07 Å². The van der Waals surface area contributed by atoms with Crippen LogP contribution < -0.4 is 0 Å². The van der Waals surface area contributed by atoms with Crippen LogP contribution in [0.3, 0.4) is 0 Å². The Kier molecular flexibility index (Phi) is 2.95. The number of esters is 1. The second kappa shape index (κ2) is 4.24. The van der Waals surface area contributed by atoms with Crippen LogP contribution in [-0.2, 0) is 4.74 Å². The normalized spacial score (nSPS) is 10.1. The summed E-state index contributed by atoms with van der Waals surface area (Å²) in [5.41, 5.74) is 0.491. The Hall–Kier alpha value is -1.38. The Morgan fingerprint density at radius 3 is 2.94 bits per heavy atom. The summed E-state index contributed by atoms with van der Waals surface area (Å²) in [7, 11) is 1.35. The first-order chi connectivity index (χ1) is 7.67. The maximum absolute atomic E-state index is 11.4. The molecule has 1 aromatic heterocycles. The first-order valence-corrected chi connectivity index (χ1v) is 5.96. The third kappa shape index (κ3) is 1.70. The number of hydrogen-bond donors (Lipinski definition) is 0. The van der Waals surface area contributed by atoms with Crippen molar-refractivity contribution in [1.29, 1.82) is 0 Å². The number of rotatable bonds is 1. The van der Waals surface area contributed by atoms with E-state index < -0.39 is 0 Å². The van der Waals surface area contributed by atoms with Crippen LogP contribution in [0, 0.1) is 6.57 Å². The average Bonchev–Trinajstić information content (AvgIpc) is 2.64. The lowest BCUT2D eigenvalue weighted by atomic mass is 10.2. The Bertz CT molecular complexity index is 612. The van der Waals surface area contributed by atoms with Crippen LogP contribution >= 0.6 is 27.3 Å². The number of methoxy groups -OCH3 is 1. The molecule has 0 saturated heterocycles. The van der Waals surface area contributed by atoms with Crippen molar-refractivity contribution in [3.63, 3.8) is 0 Å². The average molecular weight is 296 g/mol. The summed E-state index contributed by atoms with van der Waals surface area (Å²) in [6, 6.07) is 5.26. The van der Waals surface area contributed by atoms with E-state index in [1.54, 1.807) is 12.1 Å². The minimum atomic E-state index is -0.371. The number of carbonyl (C=O) groups is 1. The Morgan fingerprint density at radius 2 is 2.31 bits per heavy atom. The van der Waals surface area contributed by atoms with Crippen LogP contribution in [0.2, 0.25) is 0 Å². The van der Waals surface area contributed by atoms with Crippen molar-refractivity contribution in [2.75, 3.05) is 7.11 Å². The maximum atomic E-state index is 11.4. The first kappa shape index (κ1) is 11.1. The summed E-state index contributed by atoms with van der Waals surface area (Å²) in [6.45, 7) is 7.01. The molecule has 5 heteroatoms. The van der Waals surface area contributed by atoms with Crippen molar-refractivity contribution >= 4 is 48.3 Å².